The molecule has 2 aromatic carbocycles. The zero-order valence-electron chi connectivity index (χ0n) is 17.8. The van der Waals surface area contributed by atoms with Crippen LogP contribution in [0.3, 0.4) is 0 Å². The summed E-state index contributed by atoms with van der Waals surface area (Å²) in [6.07, 6.45) is 2.05. The first-order chi connectivity index (χ1) is 14.8. The molecule has 0 atom stereocenters. The van der Waals surface area contributed by atoms with Gasteiger partial charge >= 0.3 is 6.03 Å². The third kappa shape index (κ3) is 4.60. The van der Waals surface area contributed by atoms with Crippen LogP contribution in [0.1, 0.15) is 54.2 Å². The molecule has 1 saturated carbocycles. The van der Waals surface area contributed by atoms with Crippen molar-refractivity contribution in [3.05, 3.63) is 65.4 Å². The number of anilines is 1. The van der Waals surface area contributed by atoms with Crippen molar-refractivity contribution in [1.29, 1.82) is 0 Å². The highest BCUT2D eigenvalue weighted by molar-refractivity contribution is 6.04. The van der Waals surface area contributed by atoms with Gasteiger partial charge < -0.3 is 15.7 Å². The first-order valence-corrected chi connectivity index (χ1v) is 10.4. The summed E-state index contributed by atoms with van der Waals surface area (Å²) < 4.78 is 1.40. The van der Waals surface area contributed by atoms with Gasteiger partial charge in [-0.3, -0.25) is 4.79 Å². The summed E-state index contributed by atoms with van der Waals surface area (Å²) in [5.41, 5.74) is 3.97. The minimum atomic E-state index is -0.273. The van der Waals surface area contributed by atoms with Crippen LogP contribution in [-0.4, -0.2) is 32.9 Å². The molecule has 4 rings (SSSR count). The third-order valence-electron chi connectivity index (χ3n) is 5.18. The van der Waals surface area contributed by atoms with Crippen molar-refractivity contribution in [3.8, 4) is 17.0 Å². The Hall–Kier alpha value is -3.61. The Kier molecular flexibility index (Phi) is 5.50. The van der Waals surface area contributed by atoms with Crippen molar-refractivity contribution in [1.82, 2.24) is 15.1 Å². The van der Waals surface area contributed by atoms with Crippen LogP contribution in [0, 0.1) is 6.92 Å². The smallest absolute Gasteiger partial charge is 0.342 e. The van der Waals surface area contributed by atoms with Crippen molar-refractivity contribution >= 4 is 17.6 Å². The second kappa shape index (κ2) is 8.26. The van der Waals surface area contributed by atoms with E-state index in [1.165, 1.54) is 10.7 Å². The summed E-state index contributed by atoms with van der Waals surface area (Å²) >= 11 is 0. The predicted molar refractivity (Wildman–Crippen MR) is 120 cm³/mol. The zero-order valence-corrected chi connectivity index (χ0v) is 17.8. The number of amides is 2. The van der Waals surface area contributed by atoms with Crippen LogP contribution in [0.2, 0.25) is 0 Å². The van der Waals surface area contributed by atoms with Crippen LogP contribution in [0.25, 0.3) is 11.3 Å². The molecule has 2 amide bonds. The third-order valence-corrected chi connectivity index (χ3v) is 5.18. The number of benzene rings is 2. The molecular weight excluding hydrogens is 392 g/mol. The Balaban J connectivity index is 1.57. The maximum Gasteiger partial charge on any atom is 0.342 e. The minimum Gasteiger partial charge on any atom is -0.507 e. The van der Waals surface area contributed by atoms with Gasteiger partial charge in [0.25, 0.3) is 5.91 Å². The summed E-state index contributed by atoms with van der Waals surface area (Å²) in [7, 11) is 0. The topological polar surface area (TPSA) is 96.3 Å². The van der Waals surface area contributed by atoms with Crippen molar-refractivity contribution in [3.63, 3.8) is 0 Å². The fraction of sp³-hybridized carbons (Fsp3) is 0.292. The van der Waals surface area contributed by atoms with Crippen LogP contribution >= 0.6 is 0 Å². The lowest BCUT2D eigenvalue weighted by atomic mass is 10.1. The van der Waals surface area contributed by atoms with Gasteiger partial charge in [-0.15, -0.1) is 0 Å². The molecule has 0 spiro atoms. The Bertz CT molecular complexity index is 1130. The van der Waals surface area contributed by atoms with Crippen LogP contribution in [-0.2, 0) is 0 Å². The van der Waals surface area contributed by atoms with Gasteiger partial charge in [0.1, 0.15) is 5.75 Å². The maximum absolute atomic E-state index is 12.5. The van der Waals surface area contributed by atoms with Crippen molar-refractivity contribution in [2.75, 3.05) is 5.32 Å². The fourth-order valence-electron chi connectivity index (χ4n) is 3.40. The van der Waals surface area contributed by atoms with E-state index in [0.29, 0.717) is 28.4 Å². The highest BCUT2D eigenvalue weighted by Gasteiger charge is 2.31. The summed E-state index contributed by atoms with van der Waals surface area (Å²) in [4.78, 5) is 25.0. The largest absolute Gasteiger partial charge is 0.507 e. The number of aryl methyl sites for hydroxylation is 1. The Morgan fingerprint density at radius 2 is 1.81 bits per heavy atom. The van der Waals surface area contributed by atoms with Gasteiger partial charge in [-0.05, 0) is 63.9 Å². The molecule has 1 aliphatic rings. The molecule has 31 heavy (non-hydrogen) atoms. The second-order valence-electron chi connectivity index (χ2n) is 8.30. The van der Waals surface area contributed by atoms with Crippen LogP contribution in [0.4, 0.5) is 10.5 Å². The van der Waals surface area contributed by atoms with Crippen molar-refractivity contribution in [2.45, 2.75) is 45.6 Å². The van der Waals surface area contributed by atoms with Crippen molar-refractivity contribution in [2.24, 2.45) is 0 Å². The van der Waals surface area contributed by atoms with Crippen molar-refractivity contribution < 1.29 is 14.7 Å². The minimum absolute atomic E-state index is 0.00275. The zero-order chi connectivity index (χ0) is 22.1. The molecular formula is C24H26N4O3. The summed E-state index contributed by atoms with van der Waals surface area (Å²) in [6, 6.07) is 13.7. The lowest BCUT2D eigenvalue weighted by Crippen LogP contribution is -2.35. The Morgan fingerprint density at radius 3 is 2.42 bits per heavy atom. The van der Waals surface area contributed by atoms with E-state index in [-0.39, 0.29) is 23.7 Å². The standard InChI is InChI=1S/C24H26N4O3/c1-14(2)25-24(31)28-21(16-8-9-16)13-20(27-28)19-11-10-18(12-22(19)29)26-23(30)17-6-4-15(3)5-7-17/h4-7,10-14,16,29H,8-9H2,1-3H3,(H,25,31)(H,26,30). The molecule has 0 radical (unpaired) electrons. The summed E-state index contributed by atoms with van der Waals surface area (Å²) in [6.45, 7) is 5.75. The molecule has 3 aromatic rings. The number of carbonyl (C=O) groups is 2. The van der Waals surface area contributed by atoms with Gasteiger partial charge in [-0.25, -0.2) is 4.79 Å². The molecule has 160 valence electrons. The molecule has 1 aliphatic carbocycles. The molecule has 1 fully saturated rings. The average Bonchev–Trinajstić information content (AvgIpc) is 3.46. The number of hydrogen-bond donors (Lipinski definition) is 3. The number of hydrogen-bond acceptors (Lipinski definition) is 4. The number of carbonyl (C=O) groups excluding carboxylic acids is 2. The van der Waals surface area contributed by atoms with E-state index in [0.717, 1.165) is 24.1 Å². The van der Waals surface area contributed by atoms with Crippen LogP contribution in [0.5, 0.6) is 5.75 Å². The van der Waals surface area contributed by atoms with Gasteiger partial charge in [0.05, 0.1) is 11.4 Å². The van der Waals surface area contributed by atoms with E-state index in [1.807, 2.05) is 39.0 Å². The number of phenolic OH excluding ortho intramolecular Hbond substituents is 1. The first kappa shape index (κ1) is 20.7. The van der Waals surface area contributed by atoms with Gasteiger partial charge in [0.2, 0.25) is 0 Å². The molecule has 1 heterocycles. The number of rotatable bonds is 5. The fourth-order valence-corrected chi connectivity index (χ4v) is 3.40. The van der Waals surface area contributed by atoms with Gasteiger partial charge in [-0.1, -0.05) is 17.7 Å². The summed E-state index contributed by atoms with van der Waals surface area (Å²) in [5.74, 6) is 0.0464. The molecule has 0 unspecified atom stereocenters. The van der Waals surface area contributed by atoms with Gasteiger partial charge in [-0.2, -0.15) is 9.78 Å². The van der Waals surface area contributed by atoms with E-state index < -0.39 is 0 Å². The second-order valence-corrected chi connectivity index (χ2v) is 8.30. The van der Waals surface area contributed by atoms with E-state index in [9.17, 15) is 14.7 Å². The lowest BCUT2D eigenvalue weighted by Gasteiger charge is -2.10. The molecule has 0 aliphatic heterocycles. The van der Waals surface area contributed by atoms with Gasteiger partial charge in [0.15, 0.2) is 0 Å². The average molecular weight is 418 g/mol. The van der Waals surface area contributed by atoms with E-state index >= 15 is 0 Å². The number of nitrogens with zero attached hydrogens (tertiary/aromatic N) is 2. The number of phenols is 1. The molecule has 7 nitrogen and oxygen atoms in total. The molecule has 1 aromatic heterocycles. The number of aromatic hydroxyl groups is 1. The quantitative estimate of drug-likeness (QED) is 0.561. The first-order valence-electron chi connectivity index (χ1n) is 10.4. The molecule has 0 saturated heterocycles. The van der Waals surface area contributed by atoms with Gasteiger partial charge in [0, 0.05) is 34.8 Å². The molecule has 0 bridgehead atoms. The molecule has 3 N–H and O–H groups in total. The van der Waals surface area contributed by atoms with Crippen LogP contribution < -0.4 is 10.6 Å². The lowest BCUT2D eigenvalue weighted by molar-refractivity contribution is 0.102. The maximum atomic E-state index is 12.5. The Labute approximate surface area is 181 Å². The van der Waals surface area contributed by atoms with E-state index in [1.54, 1.807) is 24.3 Å². The number of nitrogens with one attached hydrogen (secondary N) is 2. The van der Waals surface area contributed by atoms with Crippen LogP contribution in [0.15, 0.2) is 48.5 Å². The monoisotopic (exact) mass is 418 g/mol. The highest BCUT2D eigenvalue weighted by Crippen LogP contribution is 2.42. The Morgan fingerprint density at radius 1 is 1.10 bits per heavy atom. The normalized spacial score (nSPS) is 13.3. The highest BCUT2D eigenvalue weighted by atomic mass is 16.3. The van der Waals surface area contributed by atoms with E-state index in [2.05, 4.69) is 15.7 Å². The van der Waals surface area contributed by atoms with E-state index in [4.69, 9.17) is 0 Å². The SMILES string of the molecule is Cc1ccc(C(=O)Nc2ccc(-c3cc(C4CC4)n(C(=O)NC(C)C)n3)c(O)c2)cc1. The predicted octanol–water partition coefficient (Wildman–Crippen LogP) is 4.66. The summed E-state index contributed by atoms with van der Waals surface area (Å²) in [5, 5.41) is 20.7. The molecule has 7 heteroatoms. The number of aromatic nitrogens is 2.